The summed E-state index contributed by atoms with van der Waals surface area (Å²) in [5, 5.41) is 17.1. The van der Waals surface area contributed by atoms with Gasteiger partial charge in [-0.05, 0) is 49.8 Å². The van der Waals surface area contributed by atoms with Crippen molar-refractivity contribution in [3.05, 3.63) is 30.1 Å². The number of likely N-dealkylation sites (tertiary alicyclic amines) is 1. The molecule has 2 aromatic rings. The topological polar surface area (TPSA) is 119 Å². The molecule has 1 saturated heterocycles. The van der Waals surface area contributed by atoms with Gasteiger partial charge in [-0.15, -0.1) is 0 Å². The first-order valence-electron chi connectivity index (χ1n) is 11.2. The van der Waals surface area contributed by atoms with Crippen molar-refractivity contribution >= 4 is 28.7 Å². The van der Waals surface area contributed by atoms with Crippen LogP contribution in [0.15, 0.2) is 24.5 Å². The van der Waals surface area contributed by atoms with Crippen LogP contribution in [0.25, 0.3) is 10.9 Å². The predicted octanol–water partition coefficient (Wildman–Crippen LogP) is 2.69. The van der Waals surface area contributed by atoms with E-state index >= 15 is 0 Å². The quantitative estimate of drug-likeness (QED) is 0.481. The maximum atomic E-state index is 13.0. The highest BCUT2D eigenvalue weighted by Crippen LogP contribution is 2.32. The van der Waals surface area contributed by atoms with Crippen LogP contribution in [0.1, 0.15) is 31.2 Å². The zero-order chi connectivity index (χ0) is 24.3. The number of carbonyl (C=O) groups is 2. The number of rotatable bonds is 7. The molecule has 1 aromatic carbocycles. The molecule has 1 saturated carbocycles. The Hall–Kier alpha value is -3.15. The van der Waals surface area contributed by atoms with Gasteiger partial charge in [-0.3, -0.25) is 9.69 Å². The van der Waals surface area contributed by atoms with E-state index in [-0.39, 0.29) is 29.7 Å². The summed E-state index contributed by atoms with van der Waals surface area (Å²) >= 11 is 0. The fourth-order valence-electron chi connectivity index (χ4n) is 4.66. The molecule has 2 heterocycles. The highest BCUT2D eigenvalue weighted by molar-refractivity contribution is 5.91. The highest BCUT2D eigenvalue weighted by atomic mass is 19.4. The number of hydrogen-bond donors (Lipinski definition) is 4. The van der Waals surface area contributed by atoms with Gasteiger partial charge in [0, 0.05) is 31.1 Å². The van der Waals surface area contributed by atoms with Crippen molar-refractivity contribution in [2.24, 2.45) is 5.92 Å². The van der Waals surface area contributed by atoms with Gasteiger partial charge in [-0.25, -0.2) is 14.8 Å². The normalized spacial score (nSPS) is 21.6. The second-order valence-electron chi connectivity index (χ2n) is 8.88. The second-order valence-corrected chi connectivity index (χ2v) is 8.88. The summed E-state index contributed by atoms with van der Waals surface area (Å²) in [6, 6.07) is 3.70. The third kappa shape index (κ3) is 5.85. The zero-order valence-corrected chi connectivity index (χ0v) is 18.4. The van der Waals surface area contributed by atoms with Crippen LogP contribution < -0.4 is 16.0 Å². The Kier molecular flexibility index (Phi) is 7.05. The van der Waals surface area contributed by atoms with E-state index in [1.807, 2.05) is 0 Å². The van der Waals surface area contributed by atoms with Gasteiger partial charge in [-0.2, -0.15) is 13.2 Å². The van der Waals surface area contributed by atoms with Crippen molar-refractivity contribution in [1.82, 2.24) is 25.5 Å². The van der Waals surface area contributed by atoms with Crippen LogP contribution in [-0.2, 0) is 11.0 Å². The van der Waals surface area contributed by atoms with Gasteiger partial charge >= 0.3 is 12.3 Å². The van der Waals surface area contributed by atoms with Gasteiger partial charge in [0.05, 0.1) is 23.7 Å². The van der Waals surface area contributed by atoms with Crippen molar-refractivity contribution in [2.45, 2.75) is 43.9 Å². The number of hydrogen-bond acceptors (Lipinski definition) is 6. The molecule has 4 rings (SSSR count). The molecule has 0 radical (unpaired) electrons. The molecule has 0 unspecified atom stereocenters. The third-order valence-electron chi connectivity index (χ3n) is 6.53. The smallest absolute Gasteiger partial charge is 0.416 e. The van der Waals surface area contributed by atoms with Crippen molar-refractivity contribution < 1.29 is 27.9 Å². The van der Waals surface area contributed by atoms with Crippen LogP contribution >= 0.6 is 0 Å². The van der Waals surface area contributed by atoms with Gasteiger partial charge in [-0.1, -0.05) is 0 Å². The zero-order valence-electron chi connectivity index (χ0n) is 18.4. The van der Waals surface area contributed by atoms with E-state index in [9.17, 15) is 22.8 Å². The molecule has 1 aliphatic heterocycles. The third-order valence-corrected chi connectivity index (χ3v) is 6.53. The lowest BCUT2D eigenvalue weighted by Gasteiger charge is -2.46. The fraction of sp³-hybridized carbons (Fsp3) is 0.545. The highest BCUT2D eigenvalue weighted by Gasteiger charge is 2.35. The molecular weight excluding hydrogens is 453 g/mol. The van der Waals surface area contributed by atoms with E-state index in [1.54, 1.807) is 0 Å². The first kappa shape index (κ1) is 24.0. The van der Waals surface area contributed by atoms with Gasteiger partial charge in [0.15, 0.2) is 0 Å². The number of carbonyl (C=O) groups excluding carboxylic acids is 1. The van der Waals surface area contributed by atoms with E-state index in [1.165, 1.54) is 12.4 Å². The summed E-state index contributed by atoms with van der Waals surface area (Å²) in [7, 11) is 0. The monoisotopic (exact) mass is 480 g/mol. The van der Waals surface area contributed by atoms with Crippen molar-refractivity contribution in [2.75, 3.05) is 31.5 Å². The average Bonchev–Trinajstić information content (AvgIpc) is 2.78. The largest absolute Gasteiger partial charge is 0.465 e. The van der Waals surface area contributed by atoms with Crippen LogP contribution in [0.4, 0.5) is 23.8 Å². The fourth-order valence-corrected chi connectivity index (χ4v) is 4.66. The van der Waals surface area contributed by atoms with E-state index in [0.717, 1.165) is 50.9 Å². The number of benzene rings is 1. The lowest BCUT2D eigenvalue weighted by molar-refractivity contribution is -0.137. The van der Waals surface area contributed by atoms with Gasteiger partial charge < -0.3 is 21.1 Å². The van der Waals surface area contributed by atoms with Gasteiger partial charge in [0.25, 0.3) is 0 Å². The van der Waals surface area contributed by atoms with E-state index in [2.05, 4.69) is 30.8 Å². The van der Waals surface area contributed by atoms with E-state index < -0.39 is 17.8 Å². The minimum absolute atomic E-state index is 0.0275. The number of carboxylic acid groups (broad SMARTS) is 1. The SMILES string of the molecule is O=C(O)NC[C@H]1CC[C@H](N2CC(NC(=O)CNc3ncnc4ccc(C(F)(F)F)cc34)C2)CC1. The van der Waals surface area contributed by atoms with Crippen molar-refractivity contribution in [3.8, 4) is 0 Å². The summed E-state index contributed by atoms with van der Waals surface area (Å²) < 4.78 is 39.1. The molecule has 4 N–H and O–H groups in total. The van der Waals surface area contributed by atoms with Crippen LogP contribution in [-0.4, -0.2) is 70.2 Å². The number of halogens is 3. The summed E-state index contributed by atoms with van der Waals surface area (Å²) in [5.41, 5.74) is -0.446. The number of amides is 2. The minimum Gasteiger partial charge on any atom is -0.465 e. The van der Waals surface area contributed by atoms with E-state index in [4.69, 9.17) is 5.11 Å². The second kappa shape index (κ2) is 10.00. The number of fused-ring (bicyclic) bond motifs is 1. The molecule has 1 aliphatic carbocycles. The molecule has 0 bridgehead atoms. The van der Waals surface area contributed by atoms with Crippen LogP contribution in [0, 0.1) is 5.92 Å². The summed E-state index contributed by atoms with van der Waals surface area (Å²) in [6.07, 6.45) is -0.257. The lowest BCUT2D eigenvalue weighted by atomic mass is 9.84. The first-order valence-corrected chi connectivity index (χ1v) is 11.2. The summed E-state index contributed by atoms with van der Waals surface area (Å²) in [6.45, 7) is 1.88. The van der Waals surface area contributed by atoms with Crippen molar-refractivity contribution in [3.63, 3.8) is 0 Å². The number of aromatic nitrogens is 2. The standard InChI is InChI=1S/C22H27F3N6O3/c23-22(24,25)14-3-6-18-17(7-14)20(29-12-28-18)26-9-19(32)30-15-10-31(11-15)16-4-1-13(2-5-16)8-27-21(33)34/h3,6-7,12-13,15-16,27H,1-2,4-5,8-11H2,(H,30,32)(H,33,34)(H,26,28,29)/t13-,16-. The number of alkyl halides is 3. The molecular formula is C22H27F3N6O3. The predicted molar refractivity (Wildman–Crippen MR) is 118 cm³/mol. The molecule has 2 fully saturated rings. The van der Waals surface area contributed by atoms with E-state index in [0.29, 0.717) is 24.0 Å². The first-order chi connectivity index (χ1) is 16.2. The summed E-state index contributed by atoms with van der Waals surface area (Å²) in [5.74, 6) is 0.294. The maximum absolute atomic E-state index is 13.0. The molecule has 12 heteroatoms. The van der Waals surface area contributed by atoms with Gasteiger partial charge in [0.1, 0.15) is 12.1 Å². The summed E-state index contributed by atoms with van der Waals surface area (Å²) in [4.78, 5) is 33.3. The lowest BCUT2D eigenvalue weighted by Crippen LogP contribution is -2.63. The molecule has 184 valence electrons. The number of nitrogens with zero attached hydrogens (tertiary/aromatic N) is 3. The van der Waals surface area contributed by atoms with Crippen molar-refractivity contribution in [1.29, 1.82) is 0 Å². The Morgan fingerprint density at radius 2 is 1.85 bits per heavy atom. The van der Waals surface area contributed by atoms with Crippen LogP contribution in [0.3, 0.4) is 0 Å². The molecule has 2 amide bonds. The van der Waals surface area contributed by atoms with Crippen LogP contribution in [0.2, 0.25) is 0 Å². The Morgan fingerprint density at radius 3 is 2.53 bits per heavy atom. The maximum Gasteiger partial charge on any atom is 0.416 e. The molecule has 2 aliphatic rings. The Bertz CT molecular complexity index is 1040. The Morgan fingerprint density at radius 1 is 1.12 bits per heavy atom. The molecule has 0 spiro atoms. The molecule has 1 aromatic heterocycles. The Labute approximate surface area is 194 Å². The van der Waals surface area contributed by atoms with Crippen LogP contribution in [0.5, 0.6) is 0 Å². The Balaban J connectivity index is 1.22. The van der Waals surface area contributed by atoms with Gasteiger partial charge in [0.2, 0.25) is 5.91 Å². The molecule has 9 nitrogen and oxygen atoms in total. The number of nitrogens with one attached hydrogen (secondary N) is 3. The average molecular weight is 480 g/mol. The molecule has 34 heavy (non-hydrogen) atoms. The molecule has 0 atom stereocenters. The number of anilines is 1. The minimum atomic E-state index is -4.48.